The average molecular weight is 277 g/mol. The zero-order valence-corrected chi connectivity index (χ0v) is 13.6. The minimum Gasteiger partial charge on any atom is -0.493 e. The van der Waals surface area contributed by atoms with Crippen LogP contribution < -0.4 is 10.5 Å². The lowest BCUT2D eigenvalue weighted by atomic mass is 9.87. The molecule has 0 saturated carbocycles. The van der Waals surface area contributed by atoms with E-state index in [-0.39, 0.29) is 5.41 Å². The van der Waals surface area contributed by atoms with Crippen LogP contribution >= 0.6 is 0 Å². The van der Waals surface area contributed by atoms with Crippen molar-refractivity contribution in [3.8, 4) is 5.75 Å². The molecule has 0 bridgehead atoms. The van der Waals surface area contributed by atoms with Gasteiger partial charge in [0.05, 0.1) is 6.61 Å². The van der Waals surface area contributed by atoms with Crippen LogP contribution in [0.4, 0.5) is 0 Å². The first-order chi connectivity index (χ1) is 9.50. The lowest BCUT2D eigenvalue weighted by Gasteiger charge is -2.22. The molecule has 0 heterocycles. The number of hydrogen-bond donors (Lipinski definition) is 1. The Bertz CT molecular complexity index is 387. The molecule has 1 aromatic carbocycles. The van der Waals surface area contributed by atoms with Crippen LogP contribution in [0.2, 0.25) is 0 Å². The molecule has 0 amide bonds. The van der Waals surface area contributed by atoms with Gasteiger partial charge < -0.3 is 10.5 Å². The van der Waals surface area contributed by atoms with Gasteiger partial charge in [-0.2, -0.15) is 0 Å². The Morgan fingerprint density at radius 2 is 1.90 bits per heavy atom. The molecular weight excluding hydrogens is 246 g/mol. The van der Waals surface area contributed by atoms with Crippen molar-refractivity contribution in [2.75, 3.05) is 13.2 Å². The van der Waals surface area contributed by atoms with Gasteiger partial charge >= 0.3 is 0 Å². The standard InChI is InChI=1S/C18H31NO/c1-5-15(2)16-10-6-7-11-17(16)20-13-9-8-12-18(3,4)14-19/h6-7,10-11,15H,5,8-9,12-14,19H2,1-4H3. The second kappa shape index (κ2) is 8.31. The van der Waals surface area contributed by atoms with Crippen LogP contribution in [0.5, 0.6) is 5.75 Å². The van der Waals surface area contributed by atoms with E-state index in [1.807, 2.05) is 0 Å². The summed E-state index contributed by atoms with van der Waals surface area (Å²) in [6, 6.07) is 8.42. The SMILES string of the molecule is CCC(C)c1ccccc1OCCCCC(C)(C)CN. The predicted molar refractivity (Wildman–Crippen MR) is 87.3 cm³/mol. The third-order valence-electron chi connectivity index (χ3n) is 4.12. The topological polar surface area (TPSA) is 35.2 Å². The minimum absolute atomic E-state index is 0.259. The van der Waals surface area contributed by atoms with Gasteiger partial charge in [0.2, 0.25) is 0 Å². The smallest absolute Gasteiger partial charge is 0.122 e. The molecular formula is C18H31NO. The second-order valence-corrected chi connectivity index (χ2v) is 6.52. The number of hydrogen-bond acceptors (Lipinski definition) is 2. The molecule has 0 radical (unpaired) electrons. The Kier molecular flexibility index (Phi) is 7.08. The van der Waals surface area contributed by atoms with E-state index in [0.29, 0.717) is 5.92 Å². The van der Waals surface area contributed by atoms with Crippen molar-refractivity contribution < 1.29 is 4.74 Å². The van der Waals surface area contributed by atoms with Crippen LogP contribution in [0, 0.1) is 5.41 Å². The van der Waals surface area contributed by atoms with Crippen LogP contribution in [0.1, 0.15) is 64.9 Å². The zero-order chi connectivity index (χ0) is 15.0. The van der Waals surface area contributed by atoms with Crippen LogP contribution in [0.25, 0.3) is 0 Å². The van der Waals surface area contributed by atoms with Gasteiger partial charge in [-0.15, -0.1) is 0 Å². The molecule has 1 rings (SSSR count). The van der Waals surface area contributed by atoms with E-state index in [1.165, 1.54) is 18.4 Å². The quantitative estimate of drug-likeness (QED) is 0.662. The number of unbranched alkanes of at least 4 members (excludes halogenated alkanes) is 1. The van der Waals surface area contributed by atoms with E-state index in [2.05, 4.69) is 52.0 Å². The summed E-state index contributed by atoms with van der Waals surface area (Å²) in [7, 11) is 0. The fraction of sp³-hybridized carbons (Fsp3) is 0.667. The average Bonchev–Trinajstić information content (AvgIpc) is 2.46. The maximum Gasteiger partial charge on any atom is 0.122 e. The highest BCUT2D eigenvalue weighted by Crippen LogP contribution is 2.28. The number of rotatable bonds is 9. The Balaban J connectivity index is 2.39. The number of nitrogens with two attached hydrogens (primary N) is 1. The van der Waals surface area contributed by atoms with Crippen molar-refractivity contribution in [3.05, 3.63) is 29.8 Å². The van der Waals surface area contributed by atoms with E-state index in [4.69, 9.17) is 10.5 Å². The highest BCUT2D eigenvalue weighted by Gasteiger charge is 2.14. The molecule has 20 heavy (non-hydrogen) atoms. The summed E-state index contributed by atoms with van der Waals surface area (Å²) < 4.78 is 5.98. The molecule has 2 N–H and O–H groups in total. The molecule has 0 fully saturated rings. The Morgan fingerprint density at radius 1 is 1.20 bits per heavy atom. The Morgan fingerprint density at radius 3 is 2.55 bits per heavy atom. The molecule has 1 aromatic rings. The van der Waals surface area contributed by atoms with Crippen LogP contribution in [-0.4, -0.2) is 13.2 Å². The number of ether oxygens (including phenoxy) is 1. The highest BCUT2D eigenvalue weighted by molar-refractivity contribution is 5.35. The van der Waals surface area contributed by atoms with Gasteiger partial charge in [0, 0.05) is 0 Å². The van der Waals surface area contributed by atoms with Gasteiger partial charge in [-0.25, -0.2) is 0 Å². The van der Waals surface area contributed by atoms with Gasteiger partial charge in [-0.1, -0.05) is 45.9 Å². The molecule has 0 saturated heterocycles. The van der Waals surface area contributed by atoms with Crippen molar-refractivity contribution >= 4 is 0 Å². The number of benzene rings is 1. The Labute approximate surface area is 124 Å². The van der Waals surface area contributed by atoms with E-state index < -0.39 is 0 Å². The van der Waals surface area contributed by atoms with Gasteiger partial charge in [0.1, 0.15) is 5.75 Å². The molecule has 0 aromatic heterocycles. The first-order valence-corrected chi connectivity index (χ1v) is 7.92. The van der Waals surface area contributed by atoms with E-state index >= 15 is 0 Å². The summed E-state index contributed by atoms with van der Waals surface area (Å²) in [4.78, 5) is 0. The van der Waals surface area contributed by atoms with Crippen molar-refractivity contribution in [2.24, 2.45) is 11.1 Å². The van der Waals surface area contributed by atoms with Crippen molar-refractivity contribution in [1.29, 1.82) is 0 Å². The summed E-state index contributed by atoms with van der Waals surface area (Å²) in [6.07, 6.45) is 4.58. The largest absolute Gasteiger partial charge is 0.493 e. The lowest BCUT2D eigenvalue weighted by molar-refractivity contribution is 0.276. The first-order valence-electron chi connectivity index (χ1n) is 7.92. The first kappa shape index (κ1) is 17.0. The molecule has 1 unspecified atom stereocenters. The van der Waals surface area contributed by atoms with Gasteiger partial charge in [0.25, 0.3) is 0 Å². The van der Waals surface area contributed by atoms with Crippen molar-refractivity contribution in [3.63, 3.8) is 0 Å². The third kappa shape index (κ3) is 5.54. The fourth-order valence-corrected chi connectivity index (χ4v) is 2.23. The van der Waals surface area contributed by atoms with Gasteiger partial charge in [0.15, 0.2) is 0 Å². The molecule has 0 aliphatic carbocycles. The lowest BCUT2D eigenvalue weighted by Crippen LogP contribution is -2.23. The molecule has 0 aliphatic heterocycles. The second-order valence-electron chi connectivity index (χ2n) is 6.52. The number of para-hydroxylation sites is 1. The van der Waals surface area contributed by atoms with Crippen molar-refractivity contribution in [2.45, 2.75) is 59.3 Å². The molecule has 0 aliphatic rings. The van der Waals surface area contributed by atoms with Crippen molar-refractivity contribution in [1.82, 2.24) is 0 Å². The Hall–Kier alpha value is -1.02. The fourth-order valence-electron chi connectivity index (χ4n) is 2.23. The monoisotopic (exact) mass is 277 g/mol. The predicted octanol–water partition coefficient (Wildman–Crippen LogP) is 4.73. The van der Waals surface area contributed by atoms with E-state index in [1.54, 1.807) is 0 Å². The van der Waals surface area contributed by atoms with Crippen LogP contribution in [0.15, 0.2) is 24.3 Å². The molecule has 1 atom stereocenters. The minimum atomic E-state index is 0.259. The molecule has 114 valence electrons. The molecule has 0 spiro atoms. The maximum absolute atomic E-state index is 5.98. The molecule has 2 nitrogen and oxygen atoms in total. The van der Waals surface area contributed by atoms with Crippen LogP contribution in [-0.2, 0) is 0 Å². The zero-order valence-electron chi connectivity index (χ0n) is 13.6. The van der Waals surface area contributed by atoms with E-state index in [9.17, 15) is 0 Å². The summed E-state index contributed by atoms with van der Waals surface area (Å²) in [5.41, 5.74) is 7.34. The third-order valence-corrected chi connectivity index (χ3v) is 4.12. The van der Waals surface area contributed by atoms with Gasteiger partial charge in [-0.05, 0) is 55.2 Å². The molecule has 2 heteroatoms. The summed E-state index contributed by atoms with van der Waals surface area (Å²) in [5, 5.41) is 0. The normalized spacial score (nSPS) is 13.2. The van der Waals surface area contributed by atoms with Crippen LogP contribution in [0.3, 0.4) is 0 Å². The van der Waals surface area contributed by atoms with Gasteiger partial charge in [-0.3, -0.25) is 0 Å². The maximum atomic E-state index is 5.98. The summed E-state index contributed by atoms with van der Waals surface area (Å²) in [6.45, 7) is 10.5. The van der Waals surface area contributed by atoms with E-state index in [0.717, 1.165) is 31.7 Å². The summed E-state index contributed by atoms with van der Waals surface area (Å²) in [5.74, 6) is 1.61. The highest BCUT2D eigenvalue weighted by atomic mass is 16.5. The summed E-state index contributed by atoms with van der Waals surface area (Å²) >= 11 is 0.